The van der Waals surface area contributed by atoms with Crippen LogP contribution in [0.1, 0.15) is 33.6 Å². The Morgan fingerprint density at radius 1 is 1.22 bits per heavy atom. The number of nitrogens with zero attached hydrogens (tertiary/aromatic N) is 2. The van der Waals surface area contributed by atoms with Crippen molar-refractivity contribution >= 4 is 23.1 Å². The third-order valence-corrected chi connectivity index (χ3v) is 3.77. The molecule has 1 atom stereocenters. The molecule has 0 saturated heterocycles. The first-order valence-electron chi connectivity index (χ1n) is 6.53. The van der Waals surface area contributed by atoms with Crippen molar-refractivity contribution in [3.63, 3.8) is 0 Å². The minimum Gasteiger partial charge on any atom is -0.392 e. The molecule has 0 aromatic heterocycles. The third kappa shape index (κ3) is 4.53. The van der Waals surface area contributed by atoms with Crippen LogP contribution in [-0.2, 0) is 4.79 Å². The molecule has 2 N–H and O–H groups in total. The summed E-state index contributed by atoms with van der Waals surface area (Å²) in [7, 11) is 4.00. The van der Waals surface area contributed by atoms with Gasteiger partial charge in [-0.3, -0.25) is 4.79 Å². The maximum atomic E-state index is 12.6. The van der Waals surface area contributed by atoms with Crippen LogP contribution in [0, 0.1) is 5.41 Å². The van der Waals surface area contributed by atoms with E-state index >= 15 is 0 Å². The van der Waals surface area contributed by atoms with Crippen LogP contribution in [0.25, 0.3) is 0 Å². The number of carbonyl (C=O) groups is 1. The first-order chi connectivity index (χ1) is 8.29. The number of rotatable bonds is 8. The van der Waals surface area contributed by atoms with Crippen molar-refractivity contribution in [3.05, 3.63) is 0 Å². The van der Waals surface area contributed by atoms with E-state index in [1.54, 1.807) is 0 Å². The largest absolute Gasteiger partial charge is 0.392 e. The highest BCUT2D eigenvalue weighted by molar-refractivity contribution is 7.80. The Labute approximate surface area is 116 Å². The Kier molecular flexibility index (Phi) is 7.40. The molecule has 0 aromatic rings. The molecule has 0 aliphatic carbocycles. The summed E-state index contributed by atoms with van der Waals surface area (Å²) in [6.07, 6.45) is 1.58. The second-order valence-electron chi connectivity index (χ2n) is 5.15. The fourth-order valence-electron chi connectivity index (χ4n) is 1.69. The van der Waals surface area contributed by atoms with Gasteiger partial charge in [-0.15, -0.1) is 0 Å². The van der Waals surface area contributed by atoms with E-state index in [2.05, 4.69) is 11.8 Å². The van der Waals surface area contributed by atoms with Gasteiger partial charge in [0, 0.05) is 19.6 Å². The van der Waals surface area contributed by atoms with E-state index in [1.807, 2.05) is 32.8 Å². The average molecular weight is 273 g/mol. The average Bonchev–Trinajstić information content (AvgIpc) is 2.31. The van der Waals surface area contributed by atoms with Crippen LogP contribution in [0.5, 0.6) is 0 Å². The van der Waals surface area contributed by atoms with E-state index in [9.17, 15) is 4.79 Å². The lowest BCUT2D eigenvalue weighted by Gasteiger charge is -2.33. The molecule has 0 aromatic carbocycles. The van der Waals surface area contributed by atoms with Gasteiger partial charge in [0.05, 0.1) is 10.4 Å². The van der Waals surface area contributed by atoms with Crippen molar-refractivity contribution in [3.8, 4) is 0 Å². The first-order valence-corrected chi connectivity index (χ1v) is 6.94. The molecule has 0 aliphatic heterocycles. The van der Waals surface area contributed by atoms with Gasteiger partial charge in [0.1, 0.15) is 0 Å². The van der Waals surface area contributed by atoms with Gasteiger partial charge in [0.15, 0.2) is 0 Å². The van der Waals surface area contributed by atoms with Crippen molar-refractivity contribution in [2.45, 2.75) is 33.6 Å². The maximum absolute atomic E-state index is 12.6. The second-order valence-corrected chi connectivity index (χ2v) is 5.59. The van der Waals surface area contributed by atoms with Crippen LogP contribution >= 0.6 is 12.2 Å². The number of nitrogens with two attached hydrogens (primary N) is 1. The molecule has 0 rings (SSSR count). The standard InChI is InChI=1S/C13H27N3OS/c1-6-8-16(10-9-15(4)5)12(17)13(3,7-2)11(14)18/h6-10H2,1-5H3,(H2,14,18). The monoisotopic (exact) mass is 273 g/mol. The summed E-state index contributed by atoms with van der Waals surface area (Å²) in [6, 6.07) is 0. The van der Waals surface area contributed by atoms with Crippen LogP contribution in [-0.4, -0.2) is 54.4 Å². The van der Waals surface area contributed by atoms with Crippen LogP contribution in [0.4, 0.5) is 0 Å². The summed E-state index contributed by atoms with van der Waals surface area (Å²) in [5.41, 5.74) is 5.03. The van der Waals surface area contributed by atoms with E-state index in [0.717, 1.165) is 26.1 Å². The number of amides is 1. The molecule has 0 saturated carbocycles. The normalized spacial score (nSPS) is 14.3. The highest BCUT2D eigenvalue weighted by atomic mass is 32.1. The Balaban J connectivity index is 4.88. The molecule has 0 heterocycles. The quantitative estimate of drug-likeness (QED) is 0.681. The third-order valence-electron chi connectivity index (χ3n) is 3.32. The SMILES string of the molecule is CCCN(CCN(C)C)C(=O)C(C)(CC)C(N)=S. The molecule has 18 heavy (non-hydrogen) atoms. The molecule has 5 heteroatoms. The topological polar surface area (TPSA) is 49.6 Å². The van der Waals surface area contributed by atoms with E-state index in [-0.39, 0.29) is 5.91 Å². The Morgan fingerprint density at radius 3 is 2.11 bits per heavy atom. The second kappa shape index (κ2) is 7.69. The van der Waals surface area contributed by atoms with E-state index in [0.29, 0.717) is 11.4 Å². The minimum absolute atomic E-state index is 0.0567. The lowest BCUT2D eigenvalue weighted by Crippen LogP contribution is -2.50. The van der Waals surface area contributed by atoms with Gasteiger partial charge in [-0.2, -0.15) is 0 Å². The van der Waals surface area contributed by atoms with Gasteiger partial charge in [0.2, 0.25) is 5.91 Å². The summed E-state index contributed by atoms with van der Waals surface area (Å²) in [6.45, 7) is 8.19. The molecule has 4 nitrogen and oxygen atoms in total. The summed E-state index contributed by atoms with van der Waals surface area (Å²) < 4.78 is 0. The molecular weight excluding hydrogens is 246 g/mol. The number of thiocarbonyl (C=S) groups is 1. The smallest absolute Gasteiger partial charge is 0.235 e. The fourth-order valence-corrected chi connectivity index (χ4v) is 1.92. The number of hydrogen-bond acceptors (Lipinski definition) is 3. The highest BCUT2D eigenvalue weighted by Crippen LogP contribution is 2.24. The summed E-state index contributed by atoms with van der Waals surface area (Å²) >= 11 is 5.06. The lowest BCUT2D eigenvalue weighted by molar-refractivity contribution is -0.138. The molecule has 0 bridgehead atoms. The van der Waals surface area contributed by atoms with Crippen molar-refractivity contribution in [2.75, 3.05) is 33.7 Å². The highest BCUT2D eigenvalue weighted by Gasteiger charge is 2.37. The zero-order chi connectivity index (χ0) is 14.3. The van der Waals surface area contributed by atoms with E-state index in [4.69, 9.17) is 18.0 Å². The van der Waals surface area contributed by atoms with Crippen LogP contribution in [0.2, 0.25) is 0 Å². The van der Waals surface area contributed by atoms with Crippen molar-refractivity contribution in [1.29, 1.82) is 0 Å². The lowest BCUT2D eigenvalue weighted by atomic mass is 9.85. The van der Waals surface area contributed by atoms with Gasteiger partial charge in [0.25, 0.3) is 0 Å². The zero-order valence-electron chi connectivity index (χ0n) is 12.3. The molecule has 0 spiro atoms. The molecule has 1 amide bonds. The van der Waals surface area contributed by atoms with E-state index < -0.39 is 5.41 Å². The summed E-state index contributed by atoms with van der Waals surface area (Å²) in [5, 5.41) is 0. The Bertz CT molecular complexity index is 294. The van der Waals surface area contributed by atoms with Crippen molar-refractivity contribution < 1.29 is 4.79 Å². The maximum Gasteiger partial charge on any atom is 0.235 e. The molecule has 0 aliphatic rings. The molecule has 0 radical (unpaired) electrons. The predicted molar refractivity (Wildman–Crippen MR) is 80.6 cm³/mol. The van der Waals surface area contributed by atoms with Crippen molar-refractivity contribution in [1.82, 2.24) is 9.80 Å². The number of carbonyl (C=O) groups excluding carboxylic acids is 1. The van der Waals surface area contributed by atoms with Crippen LogP contribution in [0.15, 0.2) is 0 Å². The molecule has 1 unspecified atom stereocenters. The molecule has 106 valence electrons. The van der Waals surface area contributed by atoms with Gasteiger partial charge >= 0.3 is 0 Å². The summed E-state index contributed by atoms with van der Waals surface area (Å²) in [4.78, 5) is 16.8. The fraction of sp³-hybridized carbons (Fsp3) is 0.846. The first kappa shape index (κ1) is 17.3. The van der Waals surface area contributed by atoms with Gasteiger partial charge in [-0.1, -0.05) is 26.1 Å². The van der Waals surface area contributed by atoms with Crippen molar-refractivity contribution in [2.24, 2.45) is 11.1 Å². The molecule has 0 fully saturated rings. The van der Waals surface area contributed by atoms with Crippen LogP contribution < -0.4 is 5.73 Å². The van der Waals surface area contributed by atoms with Gasteiger partial charge in [-0.05, 0) is 33.9 Å². The molecular formula is C13H27N3OS. The van der Waals surface area contributed by atoms with Gasteiger partial charge in [-0.25, -0.2) is 0 Å². The summed E-state index contributed by atoms with van der Waals surface area (Å²) in [5.74, 6) is 0.0567. The van der Waals surface area contributed by atoms with E-state index in [1.165, 1.54) is 0 Å². The predicted octanol–water partition coefficient (Wildman–Crippen LogP) is 1.49. The minimum atomic E-state index is -0.711. The number of likely N-dealkylation sites (N-methyl/N-ethyl adjacent to an activating group) is 1. The number of hydrogen-bond donors (Lipinski definition) is 1. The van der Waals surface area contributed by atoms with Gasteiger partial charge < -0.3 is 15.5 Å². The Hall–Kier alpha value is -0.680. The zero-order valence-corrected chi connectivity index (χ0v) is 13.1. The van der Waals surface area contributed by atoms with Crippen LogP contribution in [0.3, 0.4) is 0 Å². The Morgan fingerprint density at radius 2 is 1.78 bits per heavy atom.